The van der Waals surface area contributed by atoms with Gasteiger partial charge in [-0.1, -0.05) is 27.7 Å². The molecule has 1 aliphatic rings. The van der Waals surface area contributed by atoms with Gasteiger partial charge in [0.25, 0.3) is 0 Å². The van der Waals surface area contributed by atoms with E-state index in [-0.39, 0.29) is 0 Å². The molecule has 1 rings (SSSR count). The number of piperazine rings is 1. The summed E-state index contributed by atoms with van der Waals surface area (Å²) in [7, 11) is 0. The normalized spacial score (nSPS) is 22.3. The van der Waals surface area contributed by atoms with E-state index in [1.165, 1.54) is 39.1 Å². The Morgan fingerprint density at radius 2 is 1.61 bits per heavy atom. The third-order valence-corrected chi connectivity index (χ3v) is 4.09. The molecule has 2 unspecified atom stereocenters. The largest absolute Gasteiger partial charge is 0.313 e. The Labute approximate surface area is 114 Å². The zero-order valence-corrected chi connectivity index (χ0v) is 13.1. The van der Waals surface area contributed by atoms with Crippen LogP contribution in [0.2, 0.25) is 0 Å². The van der Waals surface area contributed by atoms with Gasteiger partial charge in [0.1, 0.15) is 0 Å². The Morgan fingerprint density at radius 3 is 2.06 bits per heavy atom. The fraction of sp³-hybridized carbons (Fsp3) is 1.00. The summed E-state index contributed by atoms with van der Waals surface area (Å²) in [5, 5.41) is 3.62. The van der Waals surface area contributed by atoms with Crippen LogP contribution in [-0.2, 0) is 0 Å². The van der Waals surface area contributed by atoms with Crippen molar-refractivity contribution < 1.29 is 0 Å². The van der Waals surface area contributed by atoms with E-state index in [4.69, 9.17) is 0 Å². The summed E-state index contributed by atoms with van der Waals surface area (Å²) in [6.07, 6.45) is 1.22. The lowest BCUT2D eigenvalue weighted by molar-refractivity contribution is 0.0791. The summed E-state index contributed by atoms with van der Waals surface area (Å²) in [5.41, 5.74) is 0. The molecule has 0 aromatic heterocycles. The molecule has 1 fully saturated rings. The van der Waals surface area contributed by atoms with E-state index in [0.29, 0.717) is 12.1 Å². The molecular weight excluding hydrogens is 222 g/mol. The van der Waals surface area contributed by atoms with Crippen LogP contribution in [-0.4, -0.2) is 61.2 Å². The summed E-state index contributed by atoms with van der Waals surface area (Å²) in [6.45, 7) is 18.8. The molecule has 0 amide bonds. The van der Waals surface area contributed by atoms with E-state index < -0.39 is 0 Å². The van der Waals surface area contributed by atoms with Crippen molar-refractivity contribution in [2.24, 2.45) is 5.92 Å². The van der Waals surface area contributed by atoms with Gasteiger partial charge in [0.05, 0.1) is 0 Å². The second-order valence-corrected chi connectivity index (χ2v) is 6.04. The summed E-state index contributed by atoms with van der Waals surface area (Å²) in [4.78, 5) is 5.27. The van der Waals surface area contributed by atoms with Crippen molar-refractivity contribution in [3.63, 3.8) is 0 Å². The highest BCUT2D eigenvalue weighted by molar-refractivity contribution is 4.83. The first-order valence-corrected chi connectivity index (χ1v) is 7.78. The molecule has 1 aliphatic heterocycles. The van der Waals surface area contributed by atoms with Crippen molar-refractivity contribution in [3.05, 3.63) is 0 Å². The molecule has 0 bridgehead atoms. The van der Waals surface area contributed by atoms with Crippen LogP contribution in [0.15, 0.2) is 0 Å². The van der Waals surface area contributed by atoms with Crippen LogP contribution < -0.4 is 5.32 Å². The van der Waals surface area contributed by atoms with Crippen molar-refractivity contribution in [2.45, 2.75) is 53.1 Å². The fourth-order valence-corrected chi connectivity index (χ4v) is 3.04. The van der Waals surface area contributed by atoms with Gasteiger partial charge < -0.3 is 10.2 Å². The smallest absolute Gasteiger partial charge is 0.0222 e. The highest BCUT2D eigenvalue weighted by Crippen LogP contribution is 2.12. The number of nitrogens with one attached hydrogen (secondary N) is 1. The summed E-state index contributed by atoms with van der Waals surface area (Å²) in [6, 6.07) is 1.31. The zero-order chi connectivity index (χ0) is 13.5. The van der Waals surface area contributed by atoms with E-state index in [2.05, 4.69) is 49.7 Å². The molecule has 0 aliphatic carbocycles. The van der Waals surface area contributed by atoms with Crippen molar-refractivity contribution in [1.82, 2.24) is 15.1 Å². The van der Waals surface area contributed by atoms with Gasteiger partial charge in [0, 0.05) is 44.8 Å². The van der Waals surface area contributed by atoms with Crippen LogP contribution in [0.25, 0.3) is 0 Å². The van der Waals surface area contributed by atoms with Crippen LogP contribution >= 0.6 is 0 Å². The number of nitrogens with zero attached hydrogens (tertiary/aromatic N) is 2. The SMILES string of the molecule is CCNC(CC)C(C)N1CCN(CC(C)C)CC1. The van der Waals surface area contributed by atoms with Crippen LogP contribution in [0.3, 0.4) is 0 Å². The molecule has 2 atom stereocenters. The maximum absolute atomic E-state index is 3.62. The first-order valence-electron chi connectivity index (χ1n) is 7.78. The molecule has 1 N–H and O–H groups in total. The third-order valence-electron chi connectivity index (χ3n) is 4.09. The molecule has 0 spiro atoms. The lowest BCUT2D eigenvalue weighted by atomic mass is 10.0. The summed E-state index contributed by atoms with van der Waals surface area (Å²) >= 11 is 0. The zero-order valence-electron chi connectivity index (χ0n) is 13.1. The second kappa shape index (κ2) is 8.13. The maximum Gasteiger partial charge on any atom is 0.0222 e. The van der Waals surface area contributed by atoms with Crippen LogP contribution in [0.1, 0.15) is 41.0 Å². The molecule has 0 aromatic rings. The molecule has 18 heavy (non-hydrogen) atoms. The first-order chi connectivity index (χ1) is 8.58. The third kappa shape index (κ3) is 4.87. The van der Waals surface area contributed by atoms with E-state index in [9.17, 15) is 0 Å². The number of likely N-dealkylation sites (N-methyl/N-ethyl adjacent to an activating group) is 1. The Morgan fingerprint density at radius 1 is 1.00 bits per heavy atom. The maximum atomic E-state index is 3.62. The van der Waals surface area contributed by atoms with Gasteiger partial charge in [0.2, 0.25) is 0 Å². The standard InChI is InChI=1S/C15H33N3/c1-6-15(16-7-2)14(5)18-10-8-17(9-11-18)12-13(3)4/h13-16H,6-12H2,1-5H3. The highest BCUT2D eigenvalue weighted by atomic mass is 15.3. The first kappa shape index (κ1) is 15.9. The molecular formula is C15H33N3. The lowest BCUT2D eigenvalue weighted by Crippen LogP contribution is -2.55. The van der Waals surface area contributed by atoms with Crippen molar-refractivity contribution in [3.8, 4) is 0 Å². The Kier molecular flexibility index (Phi) is 7.20. The average molecular weight is 255 g/mol. The molecule has 0 radical (unpaired) electrons. The molecule has 1 saturated heterocycles. The summed E-state index contributed by atoms with van der Waals surface area (Å²) < 4.78 is 0. The van der Waals surface area contributed by atoms with Gasteiger partial charge in [-0.05, 0) is 25.8 Å². The number of hydrogen-bond acceptors (Lipinski definition) is 3. The van der Waals surface area contributed by atoms with Gasteiger partial charge >= 0.3 is 0 Å². The Balaban J connectivity index is 2.36. The topological polar surface area (TPSA) is 18.5 Å². The van der Waals surface area contributed by atoms with Crippen LogP contribution in [0.5, 0.6) is 0 Å². The highest BCUT2D eigenvalue weighted by Gasteiger charge is 2.25. The molecule has 108 valence electrons. The minimum Gasteiger partial charge on any atom is -0.313 e. The predicted molar refractivity (Wildman–Crippen MR) is 80.1 cm³/mol. The average Bonchev–Trinajstić information content (AvgIpc) is 2.35. The van der Waals surface area contributed by atoms with Crippen molar-refractivity contribution in [1.29, 1.82) is 0 Å². The molecule has 0 aromatic carbocycles. The monoisotopic (exact) mass is 255 g/mol. The van der Waals surface area contributed by atoms with E-state index in [1.54, 1.807) is 0 Å². The van der Waals surface area contributed by atoms with E-state index >= 15 is 0 Å². The predicted octanol–water partition coefficient (Wildman–Crippen LogP) is 2.04. The Bertz CT molecular complexity index is 210. The quantitative estimate of drug-likeness (QED) is 0.751. The van der Waals surface area contributed by atoms with E-state index in [1.807, 2.05) is 0 Å². The van der Waals surface area contributed by atoms with Gasteiger partial charge in [-0.2, -0.15) is 0 Å². The van der Waals surface area contributed by atoms with Crippen LogP contribution in [0, 0.1) is 5.92 Å². The fourth-order valence-electron chi connectivity index (χ4n) is 3.04. The lowest BCUT2D eigenvalue weighted by Gasteiger charge is -2.41. The molecule has 3 nitrogen and oxygen atoms in total. The number of hydrogen-bond donors (Lipinski definition) is 1. The van der Waals surface area contributed by atoms with Crippen molar-refractivity contribution in [2.75, 3.05) is 39.3 Å². The van der Waals surface area contributed by atoms with Gasteiger partial charge in [0.15, 0.2) is 0 Å². The Hall–Kier alpha value is -0.120. The van der Waals surface area contributed by atoms with Gasteiger partial charge in [-0.25, -0.2) is 0 Å². The second-order valence-electron chi connectivity index (χ2n) is 6.04. The minimum atomic E-state index is 0.645. The molecule has 1 heterocycles. The van der Waals surface area contributed by atoms with Gasteiger partial charge in [-0.15, -0.1) is 0 Å². The van der Waals surface area contributed by atoms with E-state index in [0.717, 1.165) is 12.5 Å². The molecule has 0 saturated carbocycles. The minimum absolute atomic E-state index is 0.645. The van der Waals surface area contributed by atoms with Crippen molar-refractivity contribution >= 4 is 0 Å². The van der Waals surface area contributed by atoms with Gasteiger partial charge in [-0.3, -0.25) is 4.90 Å². The molecule has 3 heteroatoms. The summed E-state index contributed by atoms with van der Waals surface area (Å²) in [5.74, 6) is 0.791. The van der Waals surface area contributed by atoms with Crippen LogP contribution in [0.4, 0.5) is 0 Å². The number of rotatable bonds is 7.